The van der Waals surface area contributed by atoms with E-state index in [-0.39, 0.29) is 5.91 Å². The van der Waals surface area contributed by atoms with Crippen LogP contribution in [0.25, 0.3) is 0 Å². The minimum absolute atomic E-state index is 0.256. The van der Waals surface area contributed by atoms with Crippen molar-refractivity contribution in [3.63, 3.8) is 0 Å². The minimum atomic E-state index is 0.256. The third-order valence-corrected chi connectivity index (χ3v) is 5.26. The Bertz CT molecular complexity index is 409. The monoisotopic (exact) mass is 284 g/mol. The summed E-state index contributed by atoms with van der Waals surface area (Å²) in [5, 5.41) is 2.03. The van der Waals surface area contributed by atoms with Crippen LogP contribution in [0.5, 0.6) is 0 Å². The molecular weight excluding hydrogens is 264 g/mol. The maximum Gasteiger partial charge on any atom is 0.233 e. The summed E-state index contributed by atoms with van der Waals surface area (Å²) < 4.78 is 0.999. The van der Waals surface area contributed by atoms with E-state index in [1.807, 2.05) is 17.2 Å². The summed E-state index contributed by atoms with van der Waals surface area (Å²) in [7, 11) is 0. The second kappa shape index (κ2) is 6.06. The summed E-state index contributed by atoms with van der Waals surface area (Å²) in [4.78, 5) is 18.5. The van der Waals surface area contributed by atoms with E-state index in [9.17, 15) is 4.79 Å². The number of thiazole rings is 1. The molecule has 2 atom stereocenters. The number of amides is 1. The zero-order chi connectivity index (χ0) is 13.1. The first-order valence-electron chi connectivity index (χ1n) is 6.37. The average Bonchev–Trinajstić information content (AvgIpc) is 2.70. The molecule has 1 aliphatic rings. The molecule has 2 rings (SSSR count). The lowest BCUT2D eigenvalue weighted by Gasteiger charge is -2.34. The van der Waals surface area contributed by atoms with Gasteiger partial charge in [-0.05, 0) is 25.2 Å². The van der Waals surface area contributed by atoms with Gasteiger partial charge in [-0.2, -0.15) is 0 Å². The second-order valence-corrected chi connectivity index (χ2v) is 7.37. The number of thioether (sulfide) groups is 1. The smallest absolute Gasteiger partial charge is 0.233 e. The number of likely N-dealkylation sites (tertiary alicyclic amines) is 1. The summed E-state index contributed by atoms with van der Waals surface area (Å²) >= 11 is 3.18. The highest BCUT2D eigenvalue weighted by Gasteiger charge is 2.25. The molecule has 3 nitrogen and oxygen atoms in total. The van der Waals surface area contributed by atoms with E-state index >= 15 is 0 Å². The molecule has 1 aromatic heterocycles. The third kappa shape index (κ3) is 3.72. The molecule has 1 aromatic rings. The number of hydrogen-bond donors (Lipinski definition) is 0. The molecule has 0 bridgehead atoms. The Morgan fingerprint density at radius 3 is 2.72 bits per heavy atom. The van der Waals surface area contributed by atoms with Crippen molar-refractivity contribution in [1.29, 1.82) is 0 Å². The molecule has 0 radical (unpaired) electrons. The van der Waals surface area contributed by atoms with Gasteiger partial charge in [0, 0.05) is 24.2 Å². The number of carbonyl (C=O) groups excluding carboxylic acids is 1. The molecule has 0 N–H and O–H groups in total. The van der Waals surface area contributed by atoms with E-state index in [2.05, 4.69) is 18.8 Å². The Morgan fingerprint density at radius 2 is 2.17 bits per heavy atom. The lowest BCUT2D eigenvalue weighted by atomic mass is 9.92. The van der Waals surface area contributed by atoms with Gasteiger partial charge in [0.1, 0.15) is 0 Å². The highest BCUT2D eigenvalue weighted by Crippen LogP contribution is 2.25. The first-order chi connectivity index (χ1) is 8.54. The van der Waals surface area contributed by atoms with Crippen molar-refractivity contribution in [3.05, 3.63) is 11.1 Å². The van der Waals surface area contributed by atoms with Gasteiger partial charge in [0.2, 0.25) is 5.91 Å². The van der Waals surface area contributed by atoms with Crippen LogP contribution in [-0.2, 0) is 4.79 Å². The number of nitrogens with zero attached hydrogens (tertiary/aromatic N) is 2. The first kappa shape index (κ1) is 13.9. The van der Waals surface area contributed by atoms with E-state index in [4.69, 9.17) is 0 Å². The van der Waals surface area contributed by atoms with Crippen molar-refractivity contribution in [2.24, 2.45) is 11.8 Å². The molecule has 1 fully saturated rings. The Morgan fingerprint density at radius 1 is 1.50 bits per heavy atom. The number of carbonyl (C=O) groups is 1. The largest absolute Gasteiger partial charge is 0.341 e. The summed E-state index contributed by atoms with van der Waals surface area (Å²) in [6, 6.07) is 0. The van der Waals surface area contributed by atoms with Gasteiger partial charge in [-0.3, -0.25) is 4.79 Å². The van der Waals surface area contributed by atoms with Crippen LogP contribution < -0.4 is 0 Å². The van der Waals surface area contributed by atoms with Crippen molar-refractivity contribution in [3.8, 4) is 0 Å². The summed E-state index contributed by atoms with van der Waals surface area (Å²) in [5.41, 5.74) is 1.04. The Kier molecular flexibility index (Phi) is 4.67. The van der Waals surface area contributed by atoms with Crippen LogP contribution in [-0.4, -0.2) is 34.6 Å². The van der Waals surface area contributed by atoms with Crippen molar-refractivity contribution in [2.45, 2.75) is 31.5 Å². The molecule has 5 heteroatoms. The number of aromatic nitrogens is 1. The van der Waals surface area contributed by atoms with Gasteiger partial charge in [-0.1, -0.05) is 25.6 Å². The van der Waals surface area contributed by atoms with Gasteiger partial charge in [0.05, 0.1) is 5.75 Å². The zero-order valence-electron chi connectivity index (χ0n) is 11.2. The fourth-order valence-electron chi connectivity index (χ4n) is 2.48. The maximum absolute atomic E-state index is 12.2. The average molecular weight is 284 g/mol. The number of hydrogen-bond acceptors (Lipinski definition) is 4. The number of rotatable bonds is 3. The Hall–Kier alpha value is -0.550. The summed E-state index contributed by atoms with van der Waals surface area (Å²) in [6.45, 7) is 8.28. The predicted molar refractivity (Wildman–Crippen MR) is 77.1 cm³/mol. The van der Waals surface area contributed by atoms with Gasteiger partial charge in [0.25, 0.3) is 0 Å². The van der Waals surface area contributed by atoms with E-state index < -0.39 is 0 Å². The molecule has 100 valence electrons. The Balaban J connectivity index is 1.84. The SMILES string of the molecule is Cc1csc(SCC(=O)N2CC(C)CC(C)C2)n1. The highest BCUT2D eigenvalue weighted by atomic mass is 32.2. The lowest BCUT2D eigenvalue weighted by molar-refractivity contribution is -0.130. The summed E-state index contributed by atoms with van der Waals surface area (Å²) in [6.07, 6.45) is 1.24. The normalized spacial score (nSPS) is 24.3. The van der Waals surface area contributed by atoms with Crippen LogP contribution in [0.4, 0.5) is 0 Å². The van der Waals surface area contributed by atoms with Crippen LogP contribution in [0.1, 0.15) is 26.0 Å². The Labute approximate surface area is 117 Å². The highest BCUT2D eigenvalue weighted by molar-refractivity contribution is 8.01. The molecule has 0 aliphatic carbocycles. The number of piperidine rings is 1. The van der Waals surface area contributed by atoms with E-state index in [0.717, 1.165) is 23.1 Å². The van der Waals surface area contributed by atoms with Crippen molar-refractivity contribution in [1.82, 2.24) is 9.88 Å². The third-order valence-electron chi connectivity index (χ3n) is 3.14. The van der Waals surface area contributed by atoms with Gasteiger partial charge < -0.3 is 4.90 Å². The molecule has 1 saturated heterocycles. The van der Waals surface area contributed by atoms with E-state index in [0.29, 0.717) is 17.6 Å². The zero-order valence-corrected chi connectivity index (χ0v) is 12.8. The van der Waals surface area contributed by atoms with Crippen LogP contribution in [0.2, 0.25) is 0 Å². The molecule has 0 spiro atoms. The van der Waals surface area contributed by atoms with Gasteiger partial charge in [-0.15, -0.1) is 11.3 Å². The predicted octanol–water partition coefficient (Wildman–Crippen LogP) is 3.05. The molecule has 1 aliphatic heterocycles. The quantitative estimate of drug-likeness (QED) is 0.800. The van der Waals surface area contributed by atoms with Crippen LogP contribution in [0.3, 0.4) is 0 Å². The van der Waals surface area contributed by atoms with Crippen LogP contribution in [0.15, 0.2) is 9.72 Å². The molecule has 2 heterocycles. The number of aryl methyl sites for hydroxylation is 1. The van der Waals surface area contributed by atoms with E-state index in [1.54, 1.807) is 23.1 Å². The standard InChI is InChI=1S/C13H20N2OS2/c1-9-4-10(2)6-15(5-9)12(16)8-18-13-14-11(3)7-17-13/h7,9-10H,4-6,8H2,1-3H3. The molecular formula is C13H20N2OS2. The van der Waals surface area contributed by atoms with Crippen molar-refractivity contribution in [2.75, 3.05) is 18.8 Å². The molecule has 1 amide bonds. The fourth-order valence-corrected chi connectivity index (χ4v) is 4.23. The topological polar surface area (TPSA) is 33.2 Å². The fraction of sp³-hybridized carbons (Fsp3) is 0.692. The second-order valence-electron chi connectivity index (χ2n) is 5.29. The summed E-state index contributed by atoms with van der Waals surface area (Å²) in [5.74, 6) is 2.03. The minimum Gasteiger partial charge on any atom is -0.341 e. The van der Waals surface area contributed by atoms with Gasteiger partial charge >= 0.3 is 0 Å². The van der Waals surface area contributed by atoms with Gasteiger partial charge in [-0.25, -0.2) is 4.98 Å². The maximum atomic E-state index is 12.2. The first-order valence-corrected chi connectivity index (χ1v) is 8.24. The van der Waals surface area contributed by atoms with Crippen LogP contribution in [0, 0.1) is 18.8 Å². The van der Waals surface area contributed by atoms with Crippen molar-refractivity contribution >= 4 is 29.0 Å². The molecule has 0 aromatic carbocycles. The van der Waals surface area contributed by atoms with Crippen LogP contribution >= 0.6 is 23.1 Å². The van der Waals surface area contributed by atoms with Gasteiger partial charge in [0.15, 0.2) is 4.34 Å². The molecule has 2 unspecified atom stereocenters. The van der Waals surface area contributed by atoms with Crippen molar-refractivity contribution < 1.29 is 4.79 Å². The molecule has 0 saturated carbocycles. The van der Waals surface area contributed by atoms with E-state index in [1.165, 1.54) is 6.42 Å². The molecule has 18 heavy (non-hydrogen) atoms. The lowest BCUT2D eigenvalue weighted by Crippen LogP contribution is -2.43.